The van der Waals surface area contributed by atoms with Gasteiger partial charge in [-0.25, -0.2) is 0 Å². The molecule has 0 unspecified atom stereocenters. The SMILES string of the molecule is C=CC1=C(C=C)c2ccccc2Nc2ccccc21. The van der Waals surface area contributed by atoms with Gasteiger partial charge in [-0.15, -0.1) is 0 Å². The fourth-order valence-electron chi connectivity index (χ4n) is 2.53. The van der Waals surface area contributed by atoms with Crippen LogP contribution in [0.2, 0.25) is 0 Å². The van der Waals surface area contributed by atoms with E-state index in [1.54, 1.807) is 0 Å². The minimum atomic E-state index is 1.10. The van der Waals surface area contributed by atoms with Crippen LogP contribution >= 0.6 is 0 Å². The van der Waals surface area contributed by atoms with E-state index in [4.69, 9.17) is 0 Å². The maximum Gasteiger partial charge on any atom is 0.0464 e. The van der Waals surface area contributed by atoms with Crippen molar-refractivity contribution in [3.8, 4) is 0 Å². The van der Waals surface area contributed by atoms with E-state index in [0.29, 0.717) is 0 Å². The van der Waals surface area contributed by atoms with E-state index in [1.807, 2.05) is 36.4 Å². The van der Waals surface area contributed by atoms with Gasteiger partial charge in [0.1, 0.15) is 0 Å². The van der Waals surface area contributed by atoms with Gasteiger partial charge in [0, 0.05) is 22.5 Å². The van der Waals surface area contributed by atoms with Gasteiger partial charge >= 0.3 is 0 Å². The molecule has 0 radical (unpaired) electrons. The molecule has 1 heterocycles. The van der Waals surface area contributed by atoms with Gasteiger partial charge in [0.2, 0.25) is 0 Å². The summed E-state index contributed by atoms with van der Waals surface area (Å²) in [5.74, 6) is 0. The number of fused-ring (bicyclic) bond motifs is 2. The van der Waals surface area contributed by atoms with Crippen LogP contribution in [-0.4, -0.2) is 0 Å². The normalized spacial score (nSPS) is 12.8. The Morgan fingerprint density at radius 3 is 1.53 bits per heavy atom. The summed E-state index contributed by atoms with van der Waals surface area (Å²) >= 11 is 0. The van der Waals surface area contributed by atoms with Gasteiger partial charge in [-0.05, 0) is 23.3 Å². The summed E-state index contributed by atoms with van der Waals surface area (Å²) < 4.78 is 0. The van der Waals surface area contributed by atoms with Crippen LogP contribution in [0, 0.1) is 0 Å². The predicted octanol–water partition coefficient (Wildman–Crippen LogP) is 5.03. The molecule has 0 saturated heterocycles. The van der Waals surface area contributed by atoms with E-state index in [1.165, 1.54) is 0 Å². The third kappa shape index (κ3) is 1.80. The fraction of sp³-hybridized carbons (Fsp3) is 0. The van der Waals surface area contributed by atoms with Gasteiger partial charge < -0.3 is 5.32 Å². The molecular formula is C18H15N. The third-order valence-electron chi connectivity index (χ3n) is 3.40. The zero-order valence-electron chi connectivity index (χ0n) is 10.7. The molecule has 19 heavy (non-hydrogen) atoms. The average molecular weight is 245 g/mol. The first kappa shape index (κ1) is 11.5. The van der Waals surface area contributed by atoms with Gasteiger partial charge in [-0.1, -0.05) is 61.7 Å². The maximum atomic E-state index is 3.96. The zero-order chi connectivity index (χ0) is 13.2. The van der Waals surface area contributed by atoms with Crippen molar-refractivity contribution in [2.24, 2.45) is 0 Å². The van der Waals surface area contributed by atoms with E-state index in [0.717, 1.165) is 33.6 Å². The molecule has 0 aliphatic carbocycles. The standard InChI is InChI=1S/C18H15N/c1-3-13-14(4-2)16-10-6-8-12-18(16)19-17-11-7-5-9-15(13)17/h3-12,19H,1-2H2. The van der Waals surface area contributed by atoms with Crippen LogP contribution in [0.15, 0.2) is 73.8 Å². The number of allylic oxidation sites excluding steroid dienone is 4. The van der Waals surface area contributed by atoms with Crippen LogP contribution in [0.25, 0.3) is 11.1 Å². The number of benzene rings is 2. The van der Waals surface area contributed by atoms with Gasteiger partial charge in [0.15, 0.2) is 0 Å². The monoisotopic (exact) mass is 245 g/mol. The number of nitrogens with one attached hydrogen (secondary N) is 1. The van der Waals surface area contributed by atoms with E-state index < -0.39 is 0 Å². The third-order valence-corrected chi connectivity index (χ3v) is 3.40. The van der Waals surface area contributed by atoms with Crippen molar-refractivity contribution in [1.29, 1.82) is 0 Å². The molecule has 92 valence electrons. The molecule has 1 aliphatic heterocycles. The predicted molar refractivity (Wildman–Crippen MR) is 83.4 cm³/mol. The molecule has 3 rings (SSSR count). The molecule has 0 spiro atoms. The molecule has 1 N–H and O–H groups in total. The number of hydrogen-bond donors (Lipinski definition) is 1. The van der Waals surface area contributed by atoms with Crippen molar-refractivity contribution in [1.82, 2.24) is 0 Å². The molecule has 0 aromatic heterocycles. The first-order valence-electron chi connectivity index (χ1n) is 6.30. The molecule has 0 fully saturated rings. The topological polar surface area (TPSA) is 12.0 Å². The Balaban J connectivity index is 2.40. The number of anilines is 2. The summed E-state index contributed by atoms with van der Waals surface area (Å²) in [6.07, 6.45) is 3.80. The van der Waals surface area contributed by atoms with Crippen molar-refractivity contribution in [2.45, 2.75) is 0 Å². The minimum Gasteiger partial charge on any atom is -0.355 e. The Morgan fingerprint density at radius 2 is 1.11 bits per heavy atom. The van der Waals surface area contributed by atoms with E-state index >= 15 is 0 Å². The van der Waals surface area contributed by atoms with Crippen LogP contribution in [0.5, 0.6) is 0 Å². The van der Waals surface area contributed by atoms with Crippen molar-refractivity contribution in [2.75, 3.05) is 5.32 Å². The molecular weight excluding hydrogens is 230 g/mol. The number of hydrogen-bond acceptors (Lipinski definition) is 1. The molecule has 0 amide bonds. The van der Waals surface area contributed by atoms with Crippen LogP contribution in [0.4, 0.5) is 11.4 Å². The molecule has 2 aromatic rings. The first-order valence-corrected chi connectivity index (χ1v) is 6.30. The van der Waals surface area contributed by atoms with Gasteiger partial charge in [0.05, 0.1) is 0 Å². The average Bonchev–Trinajstić information content (AvgIpc) is 2.60. The fourth-order valence-corrected chi connectivity index (χ4v) is 2.53. The quantitative estimate of drug-likeness (QED) is 0.782. The van der Waals surface area contributed by atoms with Crippen LogP contribution in [-0.2, 0) is 0 Å². The molecule has 1 nitrogen and oxygen atoms in total. The molecule has 0 atom stereocenters. The highest BCUT2D eigenvalue weighted by Crippen LogP contribution is 2.40. The Morgan fingerprint density at radius 1 is 0.684 bits per heavy atom. The number of rotatable bonds is 2. The van der Waals surface area contributed by atoms with E-state index in [9.17, 15) is 0 Å². The summed E-state index contributed by atoms with van der Waals surface area (Å²) in [6.45, 7) is 7.93. The van der Waals surface area contributed by atoms with Gasteiger partial charge in [0.25, 0.3) is 0 Å². The van der Waals surface area contributed by atoms with Crippen LogP contribution < -0.4 is 5.32 Å². The summed E-state index contributed by atoms with van der Waals surface area (Å²) in [6, 6.07) is 16.5. The second-order valence-electron chi connectivity index (χ2n) is 4.45. The van der Waals surface area contributed by atoms with Crippen molar-refractivity contribution < 1.29 is 0 Å². The molecule has 0 bridgehead atoms. The molecule has 1 aliphatic rings. The Kier molecular flexibility index (Phi) is 2.81. The summed E-state index contributed by atoms with van der Waals surface area (Å²) in [5.41, 5.74) is 6.74. The lowest BCUT2D eigenvalue weighted by Crippen LogP contribution is -1.93. The highest BCUT2D eigenvalue weighted by Gasteiger charge is 2.17. The second kappa shape index (κ2) is 4.62. The van der Waals surface area contributed by atoms with Gasteiger partial charge in [-0.2, -0.15) is 0 Å². The highest BCUT2D eigenvalue weighted by atomic mass is 14.9. The minimum absolute atomic E-state index is 1.10. The molecule has 2 aromatic carbocycles. The molecule has 1 heteroatoms. The Bertz CT molecular complexity index is 633. The smallest absolute Gasteiger partial charge is 0.0464 e. The summed E-state index contributed by atoms with van der Waals surface area (Å²) in [7, 11) is 0. The summed E-state index contributed by atoms with van der Waals surface area (Å²) in [4.78, 5) is 0. The van der Waals surface area contributed by atoms with Crippen molar-refractivity contribution >= 4 is 22.5 Å². The lowest BCUT2D eigenvalue weighted by Gasteiger charge is -2.09. The van der Waals surface area contributed by atoms with Crippen molar-refractivity contribution in [3.05, 3.63) is 85.0 Å². The first-order chi connectivity index (χ1) is 9.35. The van der Waals surface area contributed by atoms with Crippen LogP contribution in [0.3, 0.4) is 0 Å². The Hall–Kier alpha value is -2.54. The zero-order valence-corrected chi connectivity index (χ0v) is 10.7. The largest absolute Gasteiger partial charge is 0.355 e. The summed E-state index contributed by atoms with van der Waals surface area (Å²) in [5, 5.41) is 3.49. The van der Waals surface area contributed by atoms with E-state index in [2.05, 4.69) is 42.7 Å². The second-order valence-corrected chi connectivity index (χ2v) is 4.45. The van der Waals surface area contributed by atoms with E-state index in [-0.39, 0.29) is 0 Å². The molecule has 0 saturated carbocycles. The van der Waals surface area contributed by atoms with Gasteiger partial charge in [-0.3, -0.25) is 0 Å². The Labute approximate surface area is 113 Å². The lowest BCUT2D eigenvalue weighted by atomic mass is 9.95. The van der Waals surface area contributed by atoms with Crippen LogP contribution in [0.1, 0.15) is 11.1 Å². The van der Waals surface area contributed by atoms with Crippen molar-refractivity contribution in [3.63, 3.8) is 0 Å². The maximum absolute atomic E-state index is 3.96. The highest BCUT2D eigenvalue weighted by molar-refractivity contribution is 6.06. The lowest BCUT2D eigenvalue weighted by molar-refractivity contribution is 1.52. The number of para-hydroxylation sites is 2.